The summed E-state index contributed by atoms with van der Waals surface area (Å²) in [5, 5.41) is 0. The molecule has 11 heteroatoms. The molecule has 1 aromatic heterocycles. The number of nitrogens with zero attached hydrogens (tertiary/aromatic N) is 2. The van der Waals surface area contributed by atoms with E-state index >= 15 is 0 Å². The van der Waals surface area contributed by atoms with Crippen LogP contribution < -0.4 is 11.4 Å². The quantitative estimate of drug-likeness (QED) is 0.500. The molecule has 0 aliphatic carbocycles. The monoisotopic (exact) mass is 445 g/mol. The second-order valence-electron chi connectivity index (χ2n) is 7.34. The molecule has 0 bridgehead atoms. The van der Waals surface area contributed by atoms with E-state index in [-0.39, 0.29) is 12.4 Å². The largest absolute Gasteiger partial charge is 0.459 e. The number of nitrogen functional groups attached to an aromatic ring is 1. The van der Waals surface area contributed by atoms with Crippen molar-refractivity contribution < 1.29 is 33.3 Å². The molecule has 0 spiro atoms. The van der Waals surface area contributed by atoms with Gasteiger partial charge in [-0.05, 0) is 25.1 Å². The number of benzene rings is 1. The molecule has 0 radical (unpaired) electrons. The number of hydrogen-bond acceptors (Lipinski definition) is 10. The molecule has 0 saturated carbocycles. The number of carbonyl (C=O) groups excluding carboxylic acids is 3. The Morgan fingerprint density at radius 3 is 2.44 bits per heavy atom. The molecule has 1 saturated heterocycles. The van der Waals surface area contributed by atoms with Crippen LogP contribution in [0.5, 0.6) is 0 Å². The van der Waals surface area contributed by atoms with Crippen LogP contribution >= 0.6 is 0 Å². The number of nitrogens with two attached hydrogens (primary N) is 1. The van der Waals surface area contributed by atoms with Crippen LogP contribution in [0, 0.1) is 0 Å². The Morgan fingerprint density at radius 2 is 1.84 bits per heavy atom. The molecule has 1 aliphatic heterocycles. The molecule has 1 fully saturated rings. The first-order valence-electron chi connectivity index (χ1n) is 9.71. The zero-order valence-electron chi connectivity index (χ0n) is 17.7. The van der Waals surface area contributed by atoms with E-state index in [0.29, 0.717) is 5.56 Å². The van der Waals surface area contributed by atoms with E-state index in [1.807, 2.05) is 0 Å². The van der Waals surface area contributed by atoms with E-state index in [2.05, 4.69) is 4.98 Å². The lowest BCUT2D eigenvalue weighted by Crippen LogP contribution is -2.51. The van der Waals surface area contributed by atoms with Crippen molar-refractivity contribution in [3.63, 3.8) is 0 Å². The van der Waals surface area contributed by atoms with E-state index in [4.69, 9.17) is 24.7 Å². The maximum atomic E-state index is 12.4. The van der Waals surface area contributed by atoms with Crippen molar-refractivity contribution in [2.45, 2.75) is 44.8 Å². The average molecular weight is 445 g/mol. The molecule has 4 atom stereocenters. The fourth-order valence-corrected chi connectivity index (χ4v) is 3.56. The lowest BCUT2D eigenvalue weighted by atomic mass is 9.95. The molecule has 2 heterocycles. The standard InChI is InChI=1S/C21H23N3O8/c1-12(25)30-17-15(11-29-18(27)14-7-5-4-6-8-14)31-19(21(17,3)32-13(2)26)24-10-9-16(22)23-20(24)28/h4-10,15,17,19H,11H2,1-3H3,(H2,22,23,28)/t15-,17-,19-,21-/m1/s1. The molecular formula is C21H23N3O8. The first kappa shape index (κ1) is 22.9. The van der Waals surface area contributed by atoms with Crippen LogP contribution in [0.3, 0.4) is 0 Å². The van der Waals surface area contributed by atoms with Crippen LogP contribution in [0.25, 0.3) is 0 Å². The summed E-state index contributed by atoms with van der Waals surface area (Å²) in [6.07, 6.45) is -2.16. The summed E-state index contributed by atoms with van der Waals surface area (Å²) in [7, 11) is 0. The van der Waals surface area contributed by atoms with Gasteiger partial charge in [-0.3, -0.25) is 14.2 Å². The van der Waals surface area contributed by atoms with Crippen LogP contribution in [0.4, 0.5) is 5.82 Å². The fraction of sp³-hybridized carbons (Fsp3) is 0.381. The topological polar surface area (TPSA) is 149 Å². The fourth-order valence-electron chi connectivity index (χ4n) is 3.56. The number of esters is 3. The Hall–Kier alpha value is -3.73. The summed E-state index contributed by atoms with van der Waals surface area (Å²) in [5.74, 6) is -2.01. The van der Waals surface area contributed by atoms with Gasteiger partial charge in [0.2, 0.25) is 0 Å². The summed E-state index contributed by atoms with van der Waals surface area (Å²) in [4.78, 5) is 52.2. The molecule has 11 nitrogen and oxygen atoms in total. The highest BCUT2D eigenvalue weighted by molar-refractivity contribution is 5.89. The van der Waals surface area contributed by atoms with E-state index in [1.165, 1.54) is 33.0 Å². The molecule has 3 rings (SSSR count). The Bertz CT molecular complexity index is 1070. The molecule has 1 aliphatic rings. The van der Waals surface area contributed by atoms with Crippen molar-refractivity contribution in [3.8, 4) is 0 Å². The van der Waals surface area contributed by atoms with Crippen molar-refractivity contribution in [1.82, 2.24) is 9.55 Å². The van der Waals surface area contributed by atoms with E-state index in [9.17, 15) is 19.2 Å². The van der Waals surface area contributed by atoms with Crippen molar-refractivity contribution in [2.24, 2.45) is 0 Å². The van der Waals surface area contributed by atoms with Gasteiger partial charge in [-0.25, -0.2) is 9.59 Å². The summed E-state index contributed by atoms with van der Waals surface area (Å²) in [5.41, 5.74) is 3.46. The predicted octanol–water partition coefficient (Wildman–Crippen LogP) is 0.833. The predicted molar refractivity (Wildman–Crippen MR) is 109 cm³/mol. The van der Waals surface area contributed by atoms with Crippen LogP contribution in [0.1, 0.15) is 37.4 Å². The zero-order chi connectivity index (χ0) is 23.5. The van der Waals surface area contributed by atoms with Crippen molar-refractivity contribution in [2.75, 3.05) is 12.3 Å². The third-order valence-corrected chi connectivity index (χ3v) is 4.85. The highest BCUT2D eigenvalue weighted by atomic mass is 16.7. The number of carbonyl (C=O) groups is 3. The number of anilines is 1. The Kier molecular flexibility index (Phi) is 6.58. The summed E-state index contributed by atoms with van der Waals surface area (Å²) in [6.45, 7) is 3.45. The zero-order valence-corrected chi connectivity index (χ0v) is 17.7. The van der Waals surface area contributed by atoms with Crippen LogP contribution in [0.2, 0.25) is 0 Å². The maximum Gasteiger partial charge on any atom is 0.351 e. The lowest BCUT2D eigenvalue weighted by Gasteiger charge is -2.34. The first-order valence-corrected chi connectivity index (χ1v) is 9.71. The van der Waals surface area contributed by atoms with Crippen molar-refractivity contribution in [3.05, 3.63) is 58.6 Å². The van der Waals surface area contributed by atoms with E-state index < -0.39 is 47.6 Å². The smallest absolute Gasteiger partial charge is 0.351 e. The third-order valence-electron chi connectivity index (χ3n) is 4.85. The number of aromatic nitrogens is 2. The minimum Gasteiger partial charge on any atom is -0.459 e. The molecule has 2 aromatic rings. The summed E-state index contributed by atoms with van der Waals surface area (Å²) in [6, 6.07) is 9.63. The lowest BCUT2D eigenvalue weighted by molar-refractivity contribution is -0.185. The Balaban J connectivity index is 1.95. The van der Waals surface area contributed by atoms with Crippen LogP contribution in [-0.2, 0) is 28.5 Å². The highest BCUT2D eigenvalue weighted by Crippen LogP contribution is 2.42. The van der Waals surface area contributed by atoms with Gasteiger partial charge in [0.05, 0.1) is 5.56 Å². The minimum absolute atomic E-state index is 0.0108. The van der Waals surface area contributed by atoms with Gasteiger partial charge in [-0.2, -0.15) is 4.98 Å². The van der Waals surface area contributed by atoms with Gasteiger partial charge in [0.1, 0.15) is 18.5 Å². The van der Waals surface area contributed by atoms with Gasteiger partial charge in [0.25, 0.3) is 0 Å². The Morgan fingerprint density at radius 1 is 1.16 bits per heavy atom. The van der Waals surface area contributed by atoms with Gasteiger partial charge in [0.15, 0.2) is 17.9 Å². The SMILES string of the molecule is CC(=O)O[C@@H]1[C@@H](COC(=O)c2ccccc2)O[C@@H](n2ccc(N)nc2=O)[C@]1(C)OC(C)=O. The van der Waals surface area contributed by atoms with Gasteiger partial charge < -0.3 is 24.7 Å². The van der Waals surface area contributed by atoms with Crippen LogP contribution in [0.15, 0.2) is 47.4 Å². The Labute approximate surface area is 183 Å². The molecule has 2 N–H and O–H groups in total. The molecule has 32 heavy (non-hydrogen) atoms. The normalized spacial score (nSPS) is 24.5. The van der Waals surface area contributed by atoms with E-state index in [0.717, 1.165) is 4.57 Å². The second kappa shape index (κ2) is 9.18. The third kappa shape index (κ3) is 4.78. The number of hydrogen-bond donors (Lipinski definition) is 1. The molecule has 1 aromatic carbocycles. The van der Waals surface area contributed by atoms with Gasteiger partial charge in [0, 0.05) is 20.0 Å². The maximum absolute atomic E-state index is 12.4. The molecule has 0 amide bonds. The number of ether oxygens (including phenoxy) is 4. The number of rotatable bonds is 6. The molecule has 170 valence electrons. The minimum atomic E-state index is -1.64. The van der Waals surface area contributed by atoms with Crippen molar-refractivity contribution in [1.29, 1.82) is 0 Å². The van der Waals surface area contributed by atoms with Gasteiger partial charge in [-0.1, -0.05) is 18.2 Å². The second-order valence-corrected chi connectivity index (χ2v) is 7.34. The highest BCUT2D eigenvalue weighted by Gasteiger charge is 2.60. The van der Waals surface area contributed by atoms with Crippen molar-refractivity contribution >= 4 is 23.7 Å². The van der Waals surface area contributed by atoms with Gasteiger partial charge >= 0.3 is 23.6 Å². The summed E-state index contributed by atoms with van der Waals surface area (Å²) >= 11 is 0. The average Bonchev–Trinajstić information content (AvgIpc) is 2.97. The van der Waals surface area contributed by atoms with Gasteiger partial charge in [-0.15, -0.1) is 0 Å². The first-order chi connectivity index (χ1) is 15.1. The molecule has 0 unspecified atom stereocenters. The van der Waals surface area contributed by atoms with E-state index in [1.54, 1.807) is 30.3 Å². The molecular weight excluding hydrogens is 422 g/mol. The van der Waals surface area contributed by atoms with Crippen LogP contribution in [-0.4, -0.2) is 51.9 Å². The summed E-state index contributed by atoms with van der Waals surface area (Å²) < 4.78 is 23.2.